The number of aliphatic hydroxyl groups is 1. The number of ether oxygens (including phenoxy) is 1. The summed E-state index contributed by atoms with van der Waals surface area (Å²) in [5.74, 6) is 0.816. The summed E-state index contributed by atoms with van der Waals surface area (Å²) in [5.41, 5.74) is 1.41. The minimum Gasteiger partial charge on any atom is -0.491 e. The molecule has 1 unspecified atom stereocenters. The number of hydrogen-bond acceptors (Lipinski definition) is 4. The molecule has 118 valence electrons. The highest BCUT2D eigenvalue weighted by Gasteiger charge is 2.37. The molecule has 0 spiro atoms. The van der Waals surface area contributed by atoms with Crippen LogP contribution in [0.4, 0.5) is 0 Å². The van der Waals surface area contributed by atoms with Gasteiger partial charge in [-0.2, -0.15) is 5.10 Å². The van der Waals surface area contributed by atoms with Crippen molar-refractivity contribution in [2.45, 2.75) is 25.5 Å². The molecule has 0 amide bonds. The van der Waals surface area contributed by atoms with Crippen LogP contribution in [0.5, 0.6) is 5.75 Å². The molecule has 0 aliphatic carbocycles. The van der Waals surface area contributed by atoms with Crippen molar-refractivity contribution in [3.63, 3.8) is 0 Å². The van der Waals surface area contributed by atoms with Gasteiger partial charge in [0.15, 0.2) is 0 Å². The molecular formula is C17H23N3O2. The minimum absolute atomic E-state index is 0.329. The molecule has 5 heteroatoms. The summed E-state index contributed by atoms with van der Waals surface area (Å²) in [7, 11) is 1.92. The first kappa shape index (κ1) is 15.1. The van der Waals surface area contributed by atoms with Gasteiger partial charge in [0.2, 0.25) is 0 Å². The third kappa shape index (κ3) is 3.67. The van der Waals surface area contributed by atoms with Crippen LogP contribution >= 0.6 is 0 Å². The summed E-state index contributed by atoms with van der Waals surface area (Å²) >= 11 is 0. The van der Waals surface area contributed by atoms with E-state index in [9.17, 15) is 5.11 Å². The zero-order valence-electron chi connectivity index (χ0n) is 13.2. The van der Waals surface area contributed by atoms with Gasteiger partial charge in [-0.25, -0.2) is 0 Å². The molecule has 1 saturated heterocycles. The van der Waals surface area contributed by atoms with Gasteiger partial charge in [-0.1, -0.05) is 12.1 Å². The molecule has 2 heterocycles. The molecule has 1 aromatic heterocycles. The minimum atomic E-state index is -0.779. The molecule has 1 aromatic carbocycles. The lowest BCUT2D eigenvalue weighted by Crippen LogP contribution is -2.39. The van der Waals surface area contributed by atoms with Crippen molar-refractivity contribution < 1.29 is 9.84 Å². The Labute approximate surface area is 131 Å². The van der Waals surface area contributed by atoms with Gasteiger partial charge in [-0.15, -0.1) is 0 Å². The molecule has 1 aliphatic heterocycles. The van der Waals surface area contributed by atoms with E-state index in [1.54, 1.807) is 4.68 Å². The molecule has 0 bridgehead atoms. The molecule has 3 rings (SSSR count). The van der Waals surface area contributed by atoms with Crippen molar-refractivity contribution in [3.05, 3.63) is 47.8 Å². The smallest absolute Gasteiger partial charge is 0.119 e. The fraction of sp³-hybridized carbons (Fsp3) is 0.471. The van der Waals surface area contributed by atoms with Crippen LogP contribution in [0, 0.1) is 6.92 Å². The van der Waals surface area contributed by atoms with Crippen molar-refractivity contribution in [2.75, 3.05) is 19.7 Å². The first-order valence-corrected chi connectivity index (χ1v) is 7.65. The fourth-order valence-electron chi connectivity index (χ4n) is 2.89. The predicted molar refractivity (Wildman–Crippen MR) is 84.7 cm³/mol. The Hall–Kier alpha value is -1.85. The standard InChI is InChI=1S/C17H23N3O2/c1-14-4-3-5-16(10-14)22-13-17(21)7-9-20(12-17)11-15-6-8-19(2)18-15/h3-6,8,10,21H,7,9,11-13H2,1-2H3. The average molecular weight is 301 g/mol. The van der Waals surface area contributed by atoms with Crippen molar-refractivity contribution in [1.29, 1.82) is 0 Å². The molecule has 1 N–H and O–H groups in total. The summed E-state index contributed by atoms with van der Waals surface area (Å²) in [6.45, 7) is 4.62. The van der Waals surface area contributed by atoms with Crippen molar-refractivity contribution in [2.24, 2.45) is 7.05 Å². The monoisotopic (exact) mass is 301 g/mol. The van der Waals surface area contributed by atoms with E-state index in [1.807, 2.05) is 50.5 Å². The number of benzene rings is 1. The second-order valence-electron chi connectivity index (χ2n) is 6.27. The SMILES string of the molecule is Cc1cccc(OCC2(O)CCN(Cc3ccn(C)n3)C2)c1. The molecule has 0 saturated carbocycles. The van der Waals surface area contributed by atoms with Crippen LogP contribution < -0.4 is 4.74 Å². The average Bonchev–Trinajstić information content (AvgIpc) is 3.04. The van der Waals surface area contributed by atoms with Crippen LogP contribution in [0.1, 0.15) is 17.7 Å². The number of aromatic nitrogens is 2. The third-order valence-corrected chi connectivity index (χ3v) is 4.06. The summed E-state index contributed by atoms with van der Waals surface area (Å²) in [4.78, 5) is 2.22. The van der Waals surface area contributed by atoms with Crippen LogP contribution in [-0.4, -0.2) is 45.1 Å². The van der Waals surface area contributed by atoms with E-state index >= 15 is 0 Å². The highest BCUT2D eigenvalue weighted by Crippen LogP contribution is 2.24. The van der Waals surface area contributed by atoms with Gasteiger partial charge in [0, 0.05) is 32.9 Å². The molecule has 1 aliphatic rings. The number of likely N-dealkylation sites (tertiary alicyclic amines) is 1. The van der Waals surface area contributed by atoms with Crippen LogP contribution in [0.25, 0.3) is 0 Å². The number of aryl methyl sites for hydroxylation is 2. The lowest BCUT2D eigenvalue weighted by atomic mass is 10.1. The Morgan fingerprint density at radius 2 is 2.23 bits per heavy atom. The number of hydrogen-bond donors (Lipinski definition) is 1. The van der Waals surface area contributed by atoms with Gasteiger partial charge in [-0.3, -0.25) is 9.58 Å². The Bertz CT molecular complexity index is 640. The zero-order valence-corrected chi connectivity index (χ0v) is 13.2. The molecule has 5 nitrogen and oxygen atoms in total. The molecule has 22 heavy (non-hydrogen) atoms. The second-order valence-corrected chi connectivity index (χ2v) is 6.27. The van der Waals surface area contributed by atoms with E-state index in [0.717, 1.165) is 36.5 Å². The molecule has 0 radical (unpaired) electrons. The van der Waals surface area contributed by atoms with Gasteiger partial charge < -0.3 is 9.84 Å². The van der Waals surface area contributed by atoms with Crippen molar-refractivity contribution in [3.8, 4) is 5.75 Å². The topological polar surface area (TPSA) is 50.5 Å². The highest BCUT2D eigenvalue weighted by atomic mass is 16.5. The Morgan fingerprint density at radius 3 is 2.95 bits per heavy atom. The van der Waals surface area contributed by atoms with Gasteiger partial charge in [-0.05, 0) is 37.1 Å². The number of nitrogens with zero attached hydrogens (tertiary/aromatic N) is 3. The summed E-state index contributed by atoms with van der Waals surface area (Å²) in [5, 5.41) is 15.1. The van der Waals surface area contributed by atoms with E-state index in [4.69, 9.17) is 4.74 Å². The number of β-amino-alcohol motifs (C(OH)–C–C–N with tert-alkyl or cyclic N) is 1. The first-order chi connectivity index (χ1) is 10.5. The van der Waals surface area contributed by atoms with Gasteiger partial charge in [0.1, 0.15) is 18.0 Å². The van der Waals surface area contributed by atoms with E-state index in [2.05, 4.69) is 10.00 Å². The van der Waals surface area contributed by atoms with Crippen molar-refractivity contribution in [1.82, 2.24) is 14.7 Å². The Morgan fingerprint density at radius 1 is 1.36 bits per heavy atom. The molecule has 2 aromatic rings. The Kier molecular flexibility index (Phi) is 4.18. The van der Waals surface area contributed by atoms with Crippen LogP contribution in [0.2, 0.25) is 0 Å². The van der Waals surface area contributed by atoms with E-state index in [-0.39, 0.29) is 0 Å². The maximum atomic E-state index is 10.7. The predicted octanol–water partition coefficient (Wildman–Crippen LogP) is 1.74. The third-order valence-electron chi connectivity index (χ3n) is 4.06. The quantitative estimate of drug-likeness (QED) is 0.914. The highest BCUT2D eigenvalue weighted by molar-refractivity contribution is 5.27. The van der Waals surface area contributed by atoms with Crippen molar-refractivity contribution >= 4 is 0 Å². The molecule has 1 atom stereocenters. The maximum absolute atomic E-state index is 10.7. The lowest BCUT2D eigenvalue weighted by Gasteiger charge is -2.23. The lowest BCUT2D eigenvalue weighted by molar-refractivity contribution is 0.00328. The van der Waals surface area contributed by atoms with E-state index in [0.29, 0.717) is 13.2 Å². The largest absolute Gasteiger partial charge is 0.491 e. The normalized spacial score (nSPS) is 22.1. The molecule has 1 fully saturated rings. The summed E-state index contributed by atoms with van der Waals surface area (Å²) in [6, 6.07) is 9.93. The van der Waals surface area contributed by atoms with E-state index in [1.165, 1.54) is 0 Å². The Balaban J connectivity index is 1.54. The van der Waals surface area contributed by atoms with Gasteiger partial charge in [0.25, 0.3) is 0 Å². The summed E-state index contributed by atoms with van der Waals surface area (Å²) in [6.07, 6.45) is 2.67. The van der Waals surface area contributed by atoms with Gasteiger partial charge in [0.05, 0.1) is 5.69 Å². The van der Waals surface area contributed by atoms with Crippen LogP contribution in [-0.2, 0) is 13.6 Å². The molecular weight excluding hydrogens is 278 g/mol. The van der Waals surface area contributed by atoms with Gasteiger partial charge >= 0.3 is 0 Å². The van der Waals surface area contributed by atoms with Crippen LogP contribution in [0.3, 0.4) is 0 Å². The number of rotatable bonds is 5. The first-order valence-electron chi connectivity index (χ1n) is 7.65. The van der Waals surface area contributed by atoms with Crippen LogP contribution in [0.15, 0.2) is 36.5 Å². The zero-order chi connectivity index (χ0) is 15.6. The van der Waals surface area contributed by atoms with E-state index < -0.39 is 5.60 Å². The second kappa shape index (κ2) is 6.10. The maximum Gasteiger partial charge on any atom is 0.119 e. The summed E-state index contributed by atoms with van der Waals surface area (Å²) < 4.78 is 7.58. The fourth-order valence-corrected chi connectivity index (χ4v) is 2.89.